The Kier molecular flexibility index (Phi) is 6.10. The molecule has 1 aromatic rings. The van der Waals surface area contributed by atoms with Crippen molar-refractivity contribution in [2.75, 3.05) is 27.9 Å². The Balaban J connectivity index is 3.30. The van der Waals surface area contributed by atoms with Crippen LogP contribution in [0.1, 0.15) is 25.5 Å². The second kappa shape index (κ2) is 7.36. The van der Waals surface area contributed by atoms with Crippen molar-refractivity contribution in [3.63, 3.8) is 0 Å². The first-order valence-corrected chi connectivity index (χ1v) is 6.68. The van der Waals surface area contributed by atoms with E-state index in [4.69, 9.17) is 19.9 Å². The molecule has 3 N–H and O–H groups in total. The van der Waals surface area contributed by atoms with Gasteiger partial charge < -0.3 is 25.1 Å². The summed E-state index contributed by atoms with van der Waals surface area (Å²) in [5.74, 6) is 1.73. The van der Waals surface area contributed by atoms with E-state index in [9.17, 15) is 5.11 Å². The maximum absolute atomic E-state index is 10.6. The quantitative estimate of drug-likeness (QED) is 0.800. The van der Waals surface area contributed by atoms with E-state index in [0.29, 0.717) is 29.4 Å². The monoisotopic (exact) mass is 283 g/mol. The van der Waals surface area contributed by atoms with Crippen LogP contribution in [-0.4, -0.2) is 33.0 Å². The molecular weight excluding hydrogens is 258 g/mol. The van der Waals surface area contributed by atoms with Crippen molar-refractivity contribution in [3.05, 3.63) is 17.7 Å². The van der Waals surface area contributed by atoms with Crippen molar-refractivity contribution < 1.29 is 19.3 Å². The lowest BCUT2D eigenvalue weighted by Gasteiger charge is -2.27. The van der Waals surface area contributed by atoms with E-state index in [-0.39, 0.29) is 11.8 Å². The maximum Gasteiger partial charge on any atom is 0.203 e. The van der Waals surface area contributed by atoms with E-state index in [1.165, 1.54) is 0 Å². The van der Waals surface area contributed by atoms with Crippen molar-refractivity contribution in [1.29, 1.82) is 0 Å². The van der Waals surface area contributed by atoms with Gasteiger partial charge in [0.05, 0.1) is 27.4 Å². The van der Waals surface area contributed by atoms with Crippen molar-refractivity contribution in [2.45, 2.75) is 20.0 Å². The lowest BCUT2D eigenvalue weighted by atomic mass is 9.86. The molecule has 0 amide bonds. The van der Waals surface area contributed by atoms with Gasteiger partial charge in [0.15, 0.2) is 11.5 Å². The fourth-order valence-electron chi connectivity index (χ4n) is 2.35. The molecule has 0 spiro atoms. The third kappa shape index (κ3) is 3.16. The van der Waals surface area contributed by atoms with Gasteiger partial charge in [0.2, 0.25) is 5.75 Å². The van der Waals surface area contributed by atoms with Gasteiger partial charge in [-0.25, -0.2) is 0 Å². The molecule has 5 nitrogen and oxygen atoms in total. The molecular formula is C15H25NO4. The van der Waals surface area contributed by atoms with Gasteiger partial charge in [0.1, 0.15) is 0 Å². The second-order valence-corrected chi connectivity index (χ2v) is 5.01. The molecule has 0 aromatic heterocycles. The van der Waals surface area contributed by atoms with E-state index < -0.39 is 6.10 Å². The predicted molar refractivity (Wildman–Crippen MR) is 78.4 cm³/mol. The number of hydrogen-bond donors (Lipinski definition) is 2. The SMILES string of the molecule is COc1ccc(C(O)C(CN)C(C)C)c(OC)c1OC. The molecule has 1 aromatic carbocycles. The summed E-state index contributed by atoms with van der Waals surface area (Å²) in [7, 11) is 4.64. The van der Waals surface area contributed by atoms with Crippen LogP contribution < -0.4 is 19.9 Å². The first-order chi connectivity index (χ1) is 9.51. The van der Waals surface area contributed by atoms with Crippen molar-refractivity contribution >= 4 is 0 Å². The molecule has 2 atom stereocenters. The zero-order chi connectivity index (χ0) is 15.3. The third-order valence-corrected chi connectivity index (χ3v) is 3.59. The minimum absolute atomic E-state index is 0.0537. The van der Waals surface area contributed by atoms with Crippen LogP contribution in [0, 0.1) is 11.8 Å². The summed E-state index contributed by atoms with van der Waals surface area (Å²) < 4.78 is 16.0. The number of benzene rings is 1. The summed E-state index contributed by atoms with van der Waals surface area (Å²) in [6.45, 7) is 4.47. The number of aliphatic hydroxyl groups is 1. The van der Waals surface area contributed by atoms with Gasteiger partial charge >= 0.3 is 0 Å². The Labute approximate surface area is 120 Å². The summed E-state index contributed by atoms with van der Waals surface area (Å²) in [6.07, 6.45) is -0.713. The van der Waals surface area contributed by atoms with Crippen LogP contribution in [0.2, 0.25) is 0 Å². The molecule has 114 valence electrons. The van der Waals surface area contributed by atoms with Crippen LogP contribution in [0.15, 0.2) is 12.1 Å². The first kappa shape index (κ1) is 16.6. The Morgan fingerprint density at radius 1 is 1.05 bits per heavy atom. The van der Waals surface area contributed by atoms with Gasteiger partial charge in [-0.1, -0.05) is 13.8 Å². The number of hydrogen-bond acceptors (Lipinski definition) is 5. The highest BCUT2D eigenvalue weighted by Gasteiger charge is 2.28. The maximum atomic E-state index is 10.6. The number of aliphatic hydroxyl groups excluding tert-OH is 1. The highest BCUT2D eigenvalue weighted by Crippen LogP contribution is 2.44. The fraction of sp³-hybridized carbons (Fsp3) is 0.600. The molecule has 1 rings (SSSR count). The van der Waals surface area contributed by atoms with Crippen LogP contribution in [0.4, 0.5) is 0 Å². The van der Waals surface area contributed by atoms with Crippen molar-refractivity contribution in [3.8, 4) is 17.2 Å². The van der Waals surface area contributed by atoms with E-state index in [2.05, 4.69) is 0 Å². The minimum atomic E-state index is -0.713. The smallest absolute Gasteiger partial charge is 0.203 e. The Morgan fingerprint density at radius 2 is 1.65 bits per heavy atom. The predicted octanol–water partition coefficient (Wildman–Crippen LogP) is 1.98. The molecule has 5 heteroatoms. The molecule has 2 unspecified atom stereocenters. The van der Waals surface area contributed by atoms with Gasteiger partial charge in [0.25, 0.3) is 0 Å². The van der Waals surface area contributed by atoms with Crippen LogP contribution in [0.3, 0.4) is 0 Å². The number of rotatable bonds is 7. The molecule has 0 fully saturated rings. The lowest BCUT2D eigenvalue weighted by molar-refractivity contribution is 0.0831. The van der Waals surface area contributed by atoms with Crippen LogP contribution in [0.5, 0.6) is 17.2 Å². The van der Waals surface area contributed by atoms with E-state index in [1.807, 2.05) is 13.8 Å². The van der Waals surface area contributed by atoms with Crippen molar-refractivity contribution in [1.82, 2.24) is 0 Å². The van der Waals surface area contributed by atoms with Crippen molar-refractivity contribution in [2.24, 2.45) is 17.6 Å². The fourth-order valence-corrected chi connectivity index (χ4v) is 2.35. The zero-order valence-corrected chi connectivity index (χ0v) is 12.8. The summed E-state index contributed by atoms with van der Waals surface area (Å²) in [5.41, 5.74) is 6.43. The Hall–Kier alpha value is -1.46. The van der Waals surface area contributed by atoms with Gasteiger partial charge in [-0.3, -0.25) is 0 Å². The molecule has 0 heterocycles. The van der Waals surface area contributed by atoms with E-state index >= 15 is 0 Å². The Bertz CT molecular complexity index is 434. The van der Waals surface area contributed by atoms with E-state index in [0.717, 1.165) is 0 Å². The van der Waals surface area contributed by atoms with Gasteiger partial charge in [0, 0.05) is 11.5 Å². The lowest BCUT2D eigenvalue weighted by Crippen LogP contribution is -2.27. The van der Waals surface area contributed by atoms with Gasteiger partial charge in [-0.05, 0) is 24.6 Å². The molecule has 0 aliphatic carbocycles. The van der Waals surface area contributed by atoms with Gasteiger partial charge in [-0.15, -0.1) is 0 Å². The van der Waals surface area contributed by atoms with Crippen LogP contribution in [0.25, 0.3) is 0 Å². The molecule has 0 saturated heterocycles. The molecule has 0 saturated carbocycles. The highest BCUT2D eigenvalue weighted by atomic mass is 16.5. The molecule has 0 bridgehead atoms. The average molecular weight is 283 g/mol. The van der Waals surface area contributed by atoms with Gasteiger partial charge in [-0.2, -0.15) is 0 Å². The molecule has 0 aliphatic rings. The average Bonchev–Trinajstić information content (AvgIpc) is 2.45. The topological polar surface area (TPSA) is 73.9 Å². The Morgan fingerprint density at radius 3 is 2.05 bits per heavy atom. The third-order valence-electron chi connectivity index (χ3n) is 3.59. The molecule has 0 radical (unpaired) electrons. The summed E-state index contributed by atoms with van der Waals surface area (Å²) in [5, 5.41) is 10.6. The molecule has 0 aliphatic heterocycles. The first-order valence-electron chi connectivity index (χ1n) is 6.68. The van der Waals surface area contributed by atoms with E-state index in [1.54, 1.807) is 33.5 Å². The normalized spacial score (nSPS) is 14.0. The summed E-state index contributed by atoms with van der Waals surface area (Å²) in [6, 6.07) is 3.55. The van der Waals surface area contributed by atoms with Crippen LogP contribution >= 0.6 is 0 Å². The largest absolute Gasteiger partial charge is 0.493 e. The highest BCUT2D eigenvalue weighted by molar-refractivity contribution is 5.56. The second-order valence-electron chi connectivity index (χ2n) is 5.01. The zero-order valence-electron chi connectivity index (χ0n) is 12.8. The van der Waals surface area contributed by atoms with Crippen LogP contribution in [-0.2, 0) is 0 Å². The molecule has 20 heavy (non-hydrogen) atoms. The number of nitrogens with two attached hydrogens (primary N) is 1. The minimum Gasteiger partial charge on any atom is -0.493 e. The summed E-state index contributed by atoms with van der Waals surface area (Å²) in [4.78, 5) is 0. The summed E-state index contributed by atoms with van der Waals surface area (Å²) >= 11 is 0. The number of methoxy groups -OCH3 is 3. The number of ether oxygens (including phenoxy) is 3. The standard InChI is InChI=1S/C15H25NO4/c1-9(2)11(8-16)13(17)10-6-7-12(18-3)15(20-5)14(10)19-4/h6-7,9,11,13,17H,8,16H2,1-5H3.